The summed E-state index contributed by atoms with van der Waals surface area (Å²) in [6.45, 7) is 4.31. The maximum Gasteiger partial charge on any atom is 0.282 e. The van der Waals surface area contributed by atoms with Crippen LogP contribution >= 0.6 is 0 Å². The van der Waals surface area contributed by atoms with E-state index in [1.807, 2.05) is 4.90 Å². The fourth-order valence-electron chi connectivity index (χ4n) is 2.77. The summed E-state index contributed by atoms with van der Waals surface area (Å²) in [7, 11) is 0. The Balaban J connectivity index is 1.86. The van der Waals surface area contributed by atoms with E-state index in [9.17, 15) is 14.9 Å². The summed E-state index contributed by atoms with van der Waals surface area (Å²) in [5.41, 5.74) is 0.582. The summed E-state index contributed by atoms with van der Waals surface area (Å²) < 4.78 is 10.6. The summed E-state index contributed by atoms with van der Waals surface area (Å²) in [5, 5.41) is 14.0. The first-order chi connectivity index (χ1) is 12.1. The molecule has 8 heteroatoms. The topological polar surface area (TPSA) is 97.9 Å². The number of nitro groups is 1. The largest absolute Gasteiger partial charge is 0.467 e. The number of nitrogens with zero attached hydrogens (tertiary/aromatic N) is 2. The van der Waals surface area contributed by atoms with Crippen molar-refractivity contribution < 1.29 is 18.9 Å². The van der Waals surface area contributed by atoms with Crippen molar-refractivity contribution in [1.82, 2.24) is 5.32 Å². The minimum Gasteiger partial charge on any atom is -0.467 e. The smallest absolute Gasteiger partial charge is 0.282 e. The predicted octanol–water partition coefficient (Wildman–Crippen LogP) is 2.52. The molecule has 0 spiro atoms. The third kappa shape index (κ3) is 3.80. The van der Waals surface area contributed by atoms with Crippen LogP contribution in [0.5, 0.6) is 0 Å². The van der Waals surface area contributed by atoms with Gasteiger partial charge in [0, 0.05) is 24.8 Å². The fourth-order valence-corrected chi connectivity index (χ4v) is 2.77. The lowest BCUT2D eigenvalue weighted by Crippen LogP contribution is -2.36. The standard InChI is InChI=1S/C17H19N3O5/c1-12(16-3-2-8-25-16)18-17(21)14-11-13(4-5-15(14)20(22)23)19-6-9-24-10-7-19/h2-5,8,11-12H,6-7,9-10H2,1H3,(H,18,21)/t12-/m0/s1. The molecule has 132 valence electrons. The van der Waals surface area contributed by atoms with Crippen LogP contribution in [0.1, 0.15) is 29.1 Å². The second-order valence-corrected chi connectivity index (χ2v) is 5.77. The van der Waals surface area contributed by atoms with Gasteiger partial charge in [0.05, 0.1) is 30.4 Å². The fraction of sp³-hybridized carbons (Fsp3) is 0.353. The highest BCUT2D eigenvalue weighted by Gasteiger charge is 2.24. The van der Waals surface area contributed by atoms with Gasteiger partial charge in [-0.2, -0.15) is 0 Å². The first kappa shape index (κ1) is 17.0. The molecule has 0 aliphatic carbocycles. The van der Waals surface area contributed by atoms with E-state index in [2.05, 4.69) is 5.32 Å². The molecule has 1 amide bonds. The quantitative estimate of drug-likeness (QED) is 0.660. The van der Waals surface area contributed by atoms with Gasteiger partial charge in [0.15, 0.2) is 0 Å². The van der Waals surface area contributed by atoms with Crippen LogP contribution in [0.25, 0.3) is 0 Å². The summed E-state index contributed by atoms with van der Waals surface area (Å²) >= 11 is 0. The molecule has 2 heterocycles. The van der Waals surface area contributed by atoms with Crippen LogP contribution in [0.2, 0.25) is 0 Å². The first-order valence-corrected chi connectivity index (χ1v) is 8.01. The molecule has 25 heavy (non-hydrogen) atoms. The van der Waals surface area contributed by atoms with Gasteiger partial charge in [-0.05, 0) is 31.2 Å². The minimum absolute atomic E-state index is 0.0346. The number of anilines is 1. The molecular weight excluding hydrogens is 326 g/mol. The number of morpholine rings is 1. The van der Waals surface area contributed by atoms with E-state index in [0.717, 1.165) is 5.69 Å². The van der Waals surface area contributed by atoms with Gasteiger partial charge >= 0.3 is 0 Å². The van der Waals surface area contributed by atoms with Crippen molar-refractivity contribution in [1.29, 1.82) is 0 Å². The van der Waals surface area contributed by atoms with Crippen LogP contribution in [-0.2, 0) is 4.74 Å². The number of rotatable bonds is 5. The molecule has 1 saturated heterocycles. The second kappa shape index (κ2) is 7.35. The number of carbonyl (C=O) groups excluding carboxylic acids is 1. The van der Waals surface area contributed by atoms with Gasteiger partial charge in [-0.25, -0.2) is 0 Å². The molecule has 0 saturated carbocycles. The number of hydrogen-bond donors (Lipinski definition) is 1. The minimum atomic E-state index is -0.546. The predicted molar refractivity (Wildman–Crippen MR) is 90.7 cm³/mol. The number of ether oxygens (including phenoxy) is 1. The molecule has 0 radical (unpaired) electrons. The van der Waals surface area contributed by atoms with Crippen molar-refractivity contribution in [2.45, 2.75) is 13.0 Å². The van der Waals surface area contributed by atoms with Gasteiger partial charge in [-0.3, -0.25) is 14.9 Å². The van der Waals surface area contributed by atoms with E-state index >= 15 is 0 Å². The third-order valence-corrected chi connectivity index (χ3v) is 4.12. The Morgan fingerprint density at radius 2 is 2.08 bits per heavy atom. The van der Waals surface area contributed by atoms with E-state index in [-0.39, 0.29) is 11.3 Å². The van der Waals surface area contributed by atoms with Crippen LogP contribution in [-0.4, -0.2) is 37.1 Å². The van der Waals surface area contributed by atoms with Crippen molar-refractivity contribution >= 4 is 17.3 Å². The summed E-state index contributed by atoms with van der Waals surface area (Å²) in [6.07, 6.45) is 1.51. The van der Waals surface area contributed by atoms with Crippen molar-refractivity contribution in [2.75, 3.05) is 31.2 Å². The van der Waals surface area contributed by atoms with Crippen LogP contribution in [0.15, 0.2) is 41.0 Å². The Kier molecular flexibility index (Phi) is 4.99. The van der Waals surface area contributed by atoms with Gasteiger partial charge in [0.1, 0.15) is 11.3 Å². The third-order valence-electron chi connectivity index (χ3n) is 4.12. The number of carbonyl (C=O) groups is 1. The lowest BCUT2D eigenvalue weighted by atomic mass is 10.1. The molecule has 1 N–H and O–H groups in total. The van der Waals surface area contributed by atoms with E-state index in [0.29, 0.717) is 32.1 Å². The second-order valence-electron chi connectivity index (χ2n) is 5.77. The summed E-state index contributed by atoms with van der Waals surface area (Å²) in [5.74, 6) is 0.0750. The highest BCUT2D eigenvalue weighted by molar-refractivity contribution is 5.99. The zero-order valence-corrected chi connectivity index (χ0v) is 13.8. The molecule has 3 rings (SSSR count). The Morgan fingerprint density at radius 3 is 2.72 bits per heavy atom. The SMILES string of the molecule is C[C@H](NC(=O)c1cc(N2CCOCC2)ccc1[N+](=O)[O-])c1ccco1. The van der Waals surface area contributed by atoms with Crippen molar-refractivity contribution in [3.8, 4) is 0 Å². The monoisotopic (exact) mass is 345 g/mol. The summed E-state index contributed by atoms with van der Waals surface area (Å²) in [4.78, 5) is 25.4. The number of furan rings is 1. The molecule has 8 nitrogen and oxygen atoms in total. The molecule has 2 aromatic rings. The van der Waals surface area contributed by atoms with Crippen LogP contribution in [0, 0.1) is 10.1 Å². The van der Waals surface area contributed by atoms with E-state index in [1.165, 1.54) is 12.3 Å². The molecule has 1 aromatic heterocycles. The average Bonchev–Trinajstić information content (AvgIpc) is 3.16. The Labute approximate surface area is 144 Å². The Hall–Kier alpha value is -2.87. The maximum absolute atomic E-state index is 12.6. The number of benzene rings is 1. The van der Waals surface area contributed by atoms with Gasteiger partial charge in [0.25, 0.3) is 11.6 Å². The van der Waals surface area contributed by atoms with Crippen molar-refractivity contribution in [3.63, 3.8) is 0 Å². The molecule has 0 unspecified atom stereocenters. The van der Waals surface area contributed by atoms with Gasteiger partial charge in [0.2, 0.25) is 0 Å². The first-order valence-electron chi connectivity index (χ1n) is 8.01. The number of nitro benzene ring substituents is 1. The van der Waals surface area contributed by atoms with E-state index < -0.39 is 16.9 Å². The van der Waals surface area contributed by atoms with Gasteiger partial charge in [-0.15, -0.1) is 0 Å². The van der Waals surface area contributed by atoms with E-state index in [1.54, 1.807) is 31.2 Å². The maximum atomic E-state index is 12.6. The van der Waals surface area contributed by atoms with Crippen LogP contribution < -0.4 is 10.2 Å². The zero-order valence-electron chi connectivity index (χ0n) is 13.8. The van der Waals surface area contributed by atoms with Gasteiger partial charge in [-0.1, -0.05) is 0 Å². The summed E-state index contributed by atoms with van der Waals surface area (Å²) in [6, 6.07) is 7.67. The van der Waals surface area contributed by atoms with Crippen molar-refractivity contribution in [3.05, 3.63) is 58.0 Å². The molecule has 1 fully saturated rings. The normalized spacial score (nSPS) is 15.6. The Morgan fingerprint density at radius 1 is 1.32 bits per heavy atom. The zero-order chi connectivity index (χ0) is 17.8. The molecule has 1 aliphatic heterocycles. The van der Waals surface area contributed by atoms with E-state index in [4.69, 9.17) is 9.15 Å². The van der Waals surface area contributed by atoms with Crippen molar-refractivity contribution in [2.24, 2.45) is 0 Å². The highest BCUT2D eigenvalue weighted by Crippen LogP contribution is 2.26. The molecular formula is C17H19N3O5. The molecule has 0 bridgehead atoms. The number of amides is 1. The molecule has 1 aromatic carbocycles. The number of hydrogen-bond acceptors (Lipinski definition) is 6. The Bertz CT molecular complexity index is 754. The number of nitrogens with one attached hydrogen (secondary N) is 1. The van der Waals surface area contributed by atoms with Gasteiger partial charge < -0.3 is 19.4 Å². The van der Waals surface area contributed by atoms with Crippen LogP contribution in [0.4, 0.5) is 11.4 Å². The lowest BCUT2D eigenvalue weighted by Gasteiger charge is -2.29. The molecule has 1 atom stereocenters. The molecule has 1 aliphatic rings. The van der Waals surface area contributed by atoms with Crippen LogP contribution in [0.3, 0.4) is 0 Å². The average molecular weight is 345 g/mol. The highest BCUT2D eigenvalue weighted by atomic mass is 16.6. The lowest BCUT2D eigenvalue weighted by molar-refractivity contribution is -0.385.